The van der Waals surface area contributed by atoms with Crippen molar-refractivity contribution >= 4 is 35.4 Å². The summed E-state index contributed by atoms with van der Waals surface area (Å²) in [6.07, 6.45) is 6.16. The lowest BCUT2D eigenvalue weighted by Crippen LogP contribution is -2.52. The van der Waals surface area contributed by atoms with Crippen LogP contribution in [0.4, 0.5) is 0 Å². The third kappa shape index (κ3) is 12.7. The minimum atomic E-state index is -0.910. The number of furan rings is 1. The Labute approximate surface area is 262 Å². The van der Waals surface area contributed by atoms with Crippen LogP contribution in [0.1, 0.15) is 44.3 Å². The number of fused-ring (bicyclic) bond motifs is 2. The van der Waals surface area contributed by atoms with Gasteiger partial charge in [0, 0.05) is 64.3 Å². The fourth-order valence-electron chi connectivity index (χ4n) is 5.01. The van der Waals surface area contributed by atoms with E-state index in [9.17, 15) is 28.8 Å². The van der Waals surface area contributed by atoms with E-state index in [-0.39, 0.29) is 63.9 Å². The number of nitrogens with zero attached hydrogens (tertiary/aromatic N) is 1. The SMILES string of the molecule is NCCOCCNC(=O)[C@@H]1CCNC(=O)/C=C/C(=O)N2CCC[C@H](C2)C(=O)N[C@@H](Cc2ccco2)C(=O)NCCCCC(=O)N1. The third-order valence-corrected chi connectivity index (χ3v) is 7.42. The number of rotatable bonds is 8. The zero-order valence-electron chi connectivity index (χ0n) is 25.5. The molecule has 0 aromatic carbocycles. The van der Waals surface area contributed by atoms with Gasteiger partial charge in [0.25, 0.3) is 0 Å². The summed E-state index contributed by atoms with van der Waals surface area (Å²) in [6.45, 7) is 2.12. The number of nitrogens with two attached hydrogens (primary N) is 1. The Balaban J connectivity index is 1.69. The Morgan fingerprint density at radius 2 is 1.84 bits per heavy atom. The van der Waals surface area contributed by atoms with Gasteiger partial charge in [0.15, 0.2) is 0 Å². The van der Waals surface area contributed by atoms with Crippen LogP contribution in [0.3, 0.4) is 0 Å². The highest BCUT2D eigenvalue weighted by molar-refractivity contribution is 5.97. The maximum atomic E-state index is 13.2. The van der Waals surface area contributed by atoms with Gasteiger partial charge in [0.2, 0.25) is 35.4 Å². The second kappa shape index (κ2) is 19.2. The van der Waals surface area contributed by atoms with Gasteiger partial charge in [-0.3, -0.25) is 28.8 Å². The van der Waals surface area contributed by atoms with Gasteiger partial charge in [-0.2, -0.15) is 0 Å². The van der Waals surface area contributed by atoms with Crippen LogP contribution in [0.25, 0.3) is 0 Å². The second-order valence-corrected chi connectivity index (χ2v) is 10.9. The number of hydrogen-bond donors (Lipinski definition) is 6. The van der Waals surface area contributed by atoms with Crippen LogP contribution in [0.15, 0.2) is 35.0 Å². The first-order valence-electron chi connectivity index (χ1n) is 15.5. The van der Waals surface area contributed by atoms with Crippen molar-refractivity contribution in [1.29, 1.82) is 0 Å². The van der Waals surface area contributed by atoms with Gasteiger partial charge in [0.1, 0.15) is 17.8 Å². The molecule has 0 saturated carbocycles. The van der Waals surface area contributed by atoms with Crippen molar-refractivity contribution < 1.29 is 37.9 Å². The molecule has 7 N–H and O–H groups in total. The van der Waals surface area contributed by atoms with E-state index in [1.54, 1.807) is 12.1 Å². The number of piperidine rings is 1. The van der Waals surface area contributed by atoms with Crippen molar-refractivity contribution in [3.05, 3.63) is 36.3 Å². The van der Waals surface area contributed by atoms with Crippen molar-refractivity contribution in [3.8, 4) is 0 Å². The maximum Gasteiger partial charge on any atom is 0.246 e. The molecule has 6 amide bonds. The van der Waals surface area contributed by atoms with Gasteiger partial charge in [-0.1, -0.05) is 0 Å². The van der Waals surface area contributed by atoms with Gasteiger partial charge in [-0.25, -0.2) is 0 Å². The molecule has 3 rings (SSSR count). The lowest BCUT2D eigenvalue weighted by Gasteiger charge is -2.32. The van der Waals surface area contributed by atoms with Crippen LogP contribution in [0.5, 0.6) is 0 Å². The average Bonchev–Trinajstić information content (AvgIpc) is 3.55. The molecule has 2 bridgehead atoms. The van der Waals surface area contributed by atoms with Crippen LogP contribution in [0.2, 0.25) is 0 Å². The summed E-state index contributed by atoms with van der Waals surface area (Å²) >= 11 is 0. The molecule has 248 valence electrons. The first kappa shape index (κ1) is 35.2. The van der Waals surface area contributed by atoms with Crippen molar-refractivity contribution in [1.82, 2.24) is 31.5 Å². The molecule has 1 fully saturated rings. The summed E-state index contributed by atoms with van der Waals surface area (Å²) in [5, 5.41) is 13.7. The molecule has 15 heteroatoms. The van der Waals surface area contributed by atoms with E-state index in [2.05, 4.69) is 26.6 Å². The van der Waals surface area contributed by atoms with E-state index < -0.39 is 41.6 Å². The van der Waals surface area contributed by atoms with Gasteiger partial charge in [-0.05, 0) is 44.2 Å². The number of hydrogen-bond acceptors (Lipinski definition) is 9. The van der Waals surface area contributed by atoms with Crippen molar-refractivity contribution in [2.45, 2.75) is 57.0 Å². The quantitative estimate of drug-likeness (QED) is 0.184. The fraction of sp³-hybridized carbons (Fsp3) is 0.600. The van der Waals surface area contributed by atoms with Crippen LogP contribution in [0, 0.1) is 5.92 Å². The molecule has 0 radical (unpaired) electrons. The third-order valence-electron chi connectivity index (χ3n) is 7.42. The molecule has 2 aliphatic heterocycles. The van der Waals surface area contributed by atoms with Gasteiger partial charge in [-0.15, -0.1) is 0 Å². The molecule has 1 aromatic heterocycles. The Morgan fingerprint density at radius 1 is 1.00 bits per heavy atom. The monoisotopic (exact) mass is 631 g/mol. The lowest BCUT2D eigenvalue weighted by atomic mass is 9.96. The predicted molar refractivity (Wildman–Crippen MR) is 162 cm³/mol. The number of nitrogens with one attached hydrogen (secondary N) is 5. The molecule has 1 aromatic rings. The zero-order valence-corrected chi connectivity index (χ0v) is 25.5. The molecule has 0 spiro atoms. The number of ether oxygens (including phenoxy) is 1. The standard InChI is InChI=1S/C30H45N7O8/c31-11-17-44-18-14-34-29(42)23-10-13-32-25(38)8-9-27(40)37-15-3-5-21(20-37)28(41)36-24(19-22-6-4-16-45-22)30(43)33-12-2-1-7-26(39)35-23/h4,6,8-9,16,21,23-24H,1-3,5,7,10-15,17-20,31H2,(H,32,38)(H,33,43)(H,34,42)(H,35,39)(H,36,41)/b9-8+/t21-,23+,24+/m1/s1. The Kier molecular flexibility index (Phi) is 15.0. The maximum absolute atomic E-state index is 13.2. The second-order valence-electron chi connectivity index (χ2n) is 10.9. The number of carbonyl (C=O) groups is 6. The van der Waals surface area contributed by atoms with E-state index in [0.717, 1.165) is 12.2 Å². The number of amides is 6. The van der Waals surface area contributed by atoms with Crippen molar-refractivity contribution in [2.75, 3.05) is 52.5 Å². The van der Waals surface area contributed by atoms with E-state index in [1.807, 2.05) is 0 Å². The Hall–Kier alpha value is -4.24. The molecule has 45 heavy (non-hydrogen) atoms. The number of carbonyl (C=O) groups excluding carboxylic acids is 6. The first-order chi connectivity index (χ1) is 21.8. The summed E-state index contributed by atoms with van der Waals surface area (Å²) in [5.41, 5.74) is 5.39. The molecule has 15 nitrogen and oxygen atoms in total. The highest BCUT2D eigenvalue weighted by atomic mass is 16.5. The topological polar surface area (TPSA) is 214 Å². The molecule has 0 aliphatic carbocycles. The van der Waals surface area contributed by atoms with E-state index in [4.69, 9.17) is 14.9 Å². The Bertz CT molecular complexity index is 1170. The highest BCUT2D eigenvalue weighted by Crippen LogP contribution is 2.18. The van der Waals surface area contributed by atoms with Crippen molar-refractivity contribution in [3.63, 3.8) is 0 Å². The minimum absolute atomic E-state index is 0.0660. The summed E-state index contributed by atoms with van der Waals surface area (Å²) in [6, 6.07) is 1.60. The molecule has 0 unspecified atom stereocenters. The molecule has 3 atom stereocenters. The lowest BCUT2D eigenvalue weighted by molar-refractivity contribution is -0.135. The first-order valence-corrected chi connectivity index (χ1v) is 15.5. The van der Waals surface area contributed by atoms with Gasteiger partial charge in [0.05, 0.1) is 25.4 Å². The van der Waals surface area contributed by atoms with E-state index in [0.29, 0.717) is 51.1 Å². The summed E-state index contributed by atoms with van der Waals surface area (Å²) < 4.78 is 10.7. The van der Waals surface area contributed by atoms with Gasteiger partial charge >= 0.3 is 0 Å². The molecular formula is C30H45N7O8. The molecule has 3 heterocycles. The summed E-state index contributed by atoms with van der Waals surface area (Å²) in [5.74, 6) is -2.48. The van der Waals surface area contributed by atoms with Gasteiger partial charge < -0.3 is 46.4 Å². The van der Waals surface area contributed by atoms with Crippen LogP contribution >= 0.6 is 0 Å². The van der Waals surface area contributed by atoms with Crippen molar-refractivity contribution in [2.24, 2.45) is 11.7 Å². The van der Waals surface area contributed by atoms with E-state index in [1.165, 1.54) is 11.2 Å². The van der Waals surface area contributed by atoms with E-state index >= 15 is 0 Å². The van der Waals surface area contributed by atoms with Crippen LogP contribution in [-0.4, -0.2) is 105 Å². The average molecular weight is 632 g/mol. The molecule has 1 saturated heterocycles. The Morgan fingerprint density at radius 3 is 2.62 bits per heavy atom. The highest BCUT2D eigenvalue weighted by Gasteiger charge is 2.31. The predicted octanol–water partition coefficient (Wildman–Crippen LogP) is -1.52. The van der Waals surface area contributed by atoms with Crippen LogP contribution < -0.4 is 32.3 Å². The minimum Gasteiger partial charge on any atom is -0.469 e. The fourth-order valence-corrected chi connectivity index (χ4v) is 5.01. The normalized spacial score (nSPS) is 23.8. The summed E-state index contributed by atoms with van der Waals surface area (Å²) in [4.78, 5) is 78.5. The summed E-state index contributed by atoms with van der Waals surface area (Å²) in [7, 11) is 0. The largest absolute Gasteiger partial charge is 0.469 e. The molecular weight excluding hydrogens is 586 g/mol. The zero-order chi connectivity index (χ0) is 32.4. The molecule has 2 aliphatic rings. The van der Waals surface area contributed by atoms with Crippen LogP contribution in [-0.2, 0) is 39.9 Å². The smallest absolute Gasteiger partial charge is 0.246 e.